The molecule has 2 aromatic rings. The number of hydrogen-bond donors (Lipinski definition) is 4. The van der Waals surface area contributed by atoms with E-state index in [4.69, 9.17) is 9.15 Å². The topological polar surface area (TPSA) is 151 Å². The van der Waals surface area contributed by atoms with Crippen molar-refractivity contribution in [1.29, 1.82) is 5.26 Å². The zero-order valence-corrected chi connectivity index (χ0v) is 23.5. The molecular formula is C28H40BN5O6. The minimum Gasteiger partial charge on any atom is -0.464 e. The second-order valence-corrected chi connectivity index (χ2v) is 11.3. The van der Waals surface area contributed by atoms with Crippen LogP contribution >= 0.6 is 0 Å². The molecule has 216 valence electrons. The predicted molar refractivity (Wildman–Crippen MR) is 150 cm³/mol. The lowest BCUT2D eigenvalue weighted by Crippen LogP contribution is -2.57. The van der Waals surface area contributed by atoms with Crippen LogP contribution in [0.5, 0.6) is 0 Å². The van der Waals surface area contributed by atoms with Gasteiger partial charge >= 0.3 is 13.1 Å². The number of furan rings is 1. The number of carbonyl (C=O) groups is 2. The fraction of sp³-hybridized carbons (Fsp3) is 0.607. The normalized spacial score (nSPS) is 20.5. The highest BCUT2D eigenvalue weighted by Gasteiger charge is 2.43. The van der Waals surface area contributed by atoms with Crippen molar-refractivity contribution in [3.05, 3.63) is 36.1 Å². The molecular weight excluding hydrogens is 513 g/mol. The summed E-state index contributed by atoms with van der Waals surface area (Å²) in [5.41, 5.74) is 1.06. The first kappa shape index (κ1) is 29.9. The van der Waals surface area contributed by atoms with Crippen LogP contribution in [0.3, 0.4) is 0 Å². The molecule has 2 saturated heterocycles. The Kier molecular flexibility index (Phi) is 9.74. The van der Waals surface area contributed by atoms with Gasteiger partial charge in [-0.05, 0) is 50.7 Å². The van der Waals surface area contributed by atoms with Gasteiger partial charge in [-0.25, -0.2) is 4.79 Å². The van der Waals surface area contributed by atoms with E-state index < -0.39 is 25.0 Å². The SMILES string of the molecule is CC(C(C#N)C(=O)N1CCC[C@@H]1CNC(=O)N[C@@H](Cc1coc2ccccc12)B(O)O)C(C)(C)N1CCOCC1. The van der Waals surface area contributed by atoms with Crippen molar-refractivity contribution in [2.75, 3.05) is 39.4 Å². The van der Waals surface area contributed by atoms with Crippen LogP contribution in [0.2, 0.25) is 0 Å². The Balaban J connectivity index is 1.34. The Morgan fingerprint density at radius 1 is 1.23 bits per heavy atom. The molecule has 4 N–H and O–H groups in total. The number of ether oxygens (including phenoxy) is 1. The van der Waals surface area contributed by atoms with Gasteiger partial charge < -0.3 is 34.7 Å². The van der Waals surface area contributed by atoms with Gasteiger partial charge in [0.05, 0.1) is 31.5 Å². The highest BCUT2D eigenvalue weighted by atomic mass is 16.5. The van der Waals surface area contributed by atoms with E-state index in [-0.39, 0.29) is 36.4 Å². The van der Waals surface area contributed by atoms with E-state index in [0.29, 0.717) is 31.8 Å². The Bertz CT molecular complexity index is 1210. The third-order valence-corrected chi connectivity index (χ3v) is 8.68. The summed E-state index contributed by atoms with van der Waals surface area (Å²) in [5.74, 6) is -2.21. The van der Waals surface area contributed by atoms with Crippen LogP contribution in [0, 0.1) is 23.2 Å². The first-order valence-electron chi connectivity index (χ1n) is 14.0. The number of nitrogens with one attached hydrogen (secondary N) is 2. The van der Waals surface area contributed by atoms with Crippen LogP contribution in [0.4, 0.5) is 4.79 Å². The molecule has 3 amide bonds. The van der Waals surface area contributed by atoms with E-state index in [2.05, 4.69) is 35.5 Å². The maximum atomic E-state index is 13.6. The molecule has 4 atom stereocenters. The lowest BCUT2D eigenvalue weighted by atomic mass is 9.76. The number of benzene rings is 1. The second-order valence-electron chi connectivity index (χ2n) is 11.3. The maximum absolute atomic E-state index is 13.6. The lowest BCUT2D eigenvalue weighted by Gasteiger charge is -2.46. The largest absolute Gasteiger partial charge is 0.475 e. The Hall–Kier alpha value is -3.11. The third kappa shape index (κ3) is 6.61. The number of hydrogen-bond acceptors (Lipinski definition) is 8. The van der Waals surface area contributed by atoms with Gasteiger partial charge in [-0.3, -0.25) is 9.69 Å². The molecule has 11 nitrogen and oxygen atoms in total. The quantitative estimate of drug-likeness (QED) is 0.324. The van der Waals surface area contributed by atoms with E-state index >= 15 is 0 Å². The van der Waals surface area contributed by atoms with Gasteiger partial charge in [0.15, 0.2) is 0 Å². The summed E-state index contributed by atoms with van der Waals surface area (Å²) in [6.07, 6.45) is 3.20. The average Bonchev–Trinajstić information content (AvgIpc) is 3.59. The zero-order chi connectivity index (χ0) is 28.9. The molecule has 2 unspecified atom stereocenters. The van der Waals surface area contributed by atoms with E-state index in [1.165, 1.54) is 0 Å². The molecule has 1 aromatic carbocycles. The summed E-state index contributed by atoms with van der Waals surface area (Å²) in [6, 6.07) is 8.86. The molecule has 0 radical (unpaired) electrons. The molecule has 0 saturated carbocycles. The monoisotopic (exact) mass is 553 g/mol. The number of amides is 3. The molecule has 3 heterocycles. The molecule has 40 heavy (non-hydrogen) atoms. The van der Waals surface area contributed by atoms with Crippen LogP contribution in [0.1, 0.15) is 39.2 Å². The molecule has 2 fully saturated rings. The Labute approximate surface area is 235 Å². The summed E-state index contributed by atoms with van der Waals surface area (Å²) >= 11 is 0. The lowest BCUT2D eigenvalue weighted by molar-refractivity contribution is -0.138. The maximum Gasteiger partial charge on any atom is 0.475 e. The van der Waals surface area contributed by atoms with E-state index in [9.17, 15) is 24.9 Å². The van der Waals surface area contributed by atoms with Crippen molar-refractivity contribution in [3.63, 3.8) is 0 Å². The molecule has 12 heteroatoms. The average molecular weight is 553 g/mol. The molecule has 0 bridgehead atoms. The molecule has 2 aliphatic rings. The van der Waals surface area contributed by atoms with Crippen molar-refractivity contribution < 1.29 is 28.8 Å². The standard InChI is InChI=1S/C28H40BN5O6/c1-19(28(2,3)33-11-13-39-14-12-33)23(16-30)26(35)34-10-6-7-21(34)17-31-27(36)32-25(29(37)38)15-20-18-40-24-9-5-4-8-22(20)24/h4-5,8-9,18-19,21,23,25,37-38H,6-7,10-15,17H2,1-3H3,(H2,31,32,36)/t19?,21-,23?,25+/m1/s1. The Morgan fingerprint density at radius 3 is 2.65 bits per heavy atom. The zero-order valence-electron chi connectivity index (χ0n) is 23.5. The number of nitriles is 1. The van der Waals surface area contributed by atoms with Gasteiger partial charge in [-0.15, -0.1) is 0 Å². The summed E-state index contributed by atoms with van der Waals surface area (Å²) in [5, 5.41) is 36.1. The van der Waals surface area contributed by atoms with Gasteiger partial charge in [0.2, 0.25) is 5.91 Å². The fourth-order valence-electron chi connectivity index (χ4n) is 5.82. The number of fused-ring (bicyclic) bond motifs is 1. The number of carbonyl (C=O) groups excluding carboxylic acids is 2. The van der Waals surface area contributed by atoms with Crippen LogP contribution in [-0.2, 0) is 16.0 Å². The first-order valence-corrected chi connectivity index (χ1v) is 14.0. The molecule has 1 aromatic heterocycles. The summed E-state index contributed by atoms with van der Waals surface area (Å²) in [6.45, 7) is 9.62. The van der Waals surface area contributed by atoms with E-state index in [1.807, 2.05) is 31.2 Å². The Morgan fingerprint density at radius 2 is 1.95 bits per heavy atom. The van der Waals surface area contributed by atoms with Crippen molar-refractivity contribution >= 4 is 30.0 Å². The van der Waals surface area contributed by atoms with Gasteiger partial charge in [-0.2, -0.15) is 5.26 Å². The smallest absolute Gasteiger partial charge is 0.464 e. The van der Waals surface area contributed by atoms with Gasteiger partial charge in [-0.1, -0.05) is 25.1 Å². The molecule has 2 aliphatic heterocycles. The fourth-order valence-corrected chi connectivity index (χ4v) is 5.82. The van der Waals surface area contributed by atoms with Crippen LogP contribution in [-0.4, -0.2) is 95.8 Å². The number of likely N-dealkylation sites (tertiary alicyclic amines) is 1. The highest BCUT2D eigenvalue weighted by Crippen LogP contribution is 2.33. The number of morpholine rings is 1. The van der Waals surface area contributed by atoms with Gasteiger partial charge in [0.25, 0.3) is 0 Å². The predicted octanol–water partition coefficient (Wildman–Crippen LogP) is 1.53. The van der Waals surface area contributed by atoms with Crippen molar-refractivity contribution in [1.82, 2.24) is 20.4 Å². The summed E-state index contributed by atoms with van der Waals surface area (Å²) < 4.78 is 11.0. The minimum atomic E-state index is -1.78. The van der Waals surface area contributed by atoms with E-state index in [1.54, 1.807) is 11.2 Å². The van der Waals surface area contributed by atoms with Gasteiger partial charge in [0, 0.05) is 43.1 Å². The number of para-hydroxylation sites is 1. The highest BCUT2D eigenvalue weighted by molar-refractivity contribution is 6.43. The molecule has 4 rings (SSSR count). The van der Waals surface area contributed by atoms with Crippen LogP contribution in [0.25, 0.3) is 11.0 Å². The molecule has 0 spiro atoms. The molecule has 0 aliphatic carbocycles. The van der Waals surface area contributed by atoms with Gasteiger partial charge in [0.1, 0.15) is 11.5 Å². The summed E-state index contributed by atoms with van der Waals surface area (Å²) in [4.78, 5) is 30.4. The van der Waals surface area contributed by atoms with Crippen LogP contribution < -0.4 is 10.6 Å². The van der Waals surface area contributed by atoms with Crippen molar-refractivity contribution in [2.24, 2.45) is 11.8 Å². The second kappa shape index (κ2) is 13.0. The van der Waals surface area contributed by atoms with Crippen LogP contribution in [0.15, 0.2) is 34.9 Å². The number of nitrogens with zero attached hydrogens (tertiary/aromatic N) is 3. The number of rotatable bonds is 10. The number of urea groups is 1. The van der Waals surface area contributed by atoms with E-state index in [0.717, 1.165) is 30.5 Å². The van der Waals surface area contributed by atoms with Crippen molar-refractivity contribution in [2.45, 2.75) is 57.6 Å². The first-order chi connectivity index (χ1) is 19.1. The van der Waals surface area contributed by atoms with Crippen molar-refractivity contribution in [3.8, 4) is 6.07 Å². The summed E-state index contributed by atoms with van der Waals surface area (Å²) in [7, 11) is -1.78. The minimum absolute atomic E-state index is 0.163. The third-order valence-electron chi connectivity index (χ3n) is 8.68.